The Kier molecular flexibility index (Phi) is 788. The molecule has 0 aromatic rings. The third-order valence-electron chi connectivity index (χ3n) is 0. The van der Waals surface area contributed by atoms with Gasteiger partial charge in [0.1, 0.15) is 0 Å². The molecule has 0 saturated carbocycles. The summed E-state index contributed by atoms with van der Waals surface area (Å²) >= 11 is 0. The molecule has 0 aliphatic heterocycles. The van der Waals surface area contributed by atoms with E-state index >= 15 is 0 Å². The summed E-state index contributed by atoms with van der Waals surface area (Å²) in [5, 5.41) is 0. The van der Waals surface area contributed by atoms with Crippen LogP contribution in [0.1, 0.15) is 30.0 Å². The summed E-state index contributed by atoms with van der Waals surface area (Å²) in [5.41, 5.74) is 0. The molecule has 0 heterocycles. The molecule has 0 radical (unpaired) electrons. The van der Waals surface area contributed by atoms with Gasteiger partial charge in [-0.1, -0.05) is 0 Å². The molecule has 138 valence electrons. The van der Waals surface area contributed by atoms with Crippen molar-refractivity contribution in [3.05, 3.63) is 0 Å². The van der Waals surface area contributed by atoms with Gasteiger partial charge in [0, 0.05) is 0 Å². The molecule has 0 aromatic carbocycles. The molecular formula is H29Na21O12Si4. The Labute approximate surface area is 721 Å². The van der Waals surface area contributed by atoms with Gasteiger partial charge < -0.3 is 68.3 Å². The zero-order valence-electron chi connectivity index (χ0n) is 49.2. The Hall–Kier alpha value is 19.5. The first-order valence-electron chi connectivity index (χ1n) is 2.61. The predicted octanol–water partition coefficient (Wildman–Crippen LogP) is -67.0. The maximum absolute atomic E-state index is 8.74. The summed E-state index contributed by atoms with van der Waals surface area (Å²) in [6.07, 6.45) is 0. The molecule has 0 spiro atoms. The Morgan fingerprint density at radius 1 is 0.216 bits per heavy atom. The number of rotatable bonds is 0. The van der Waals surface area contributed by atoms with Crippen LogP contribution in [0.5, 0.6) is 0 Å². The van der Waals surface area contributed by atoms with E-state index < -0.39 is 36.7 Å². The van der Waals surface area contributed by atoms with E-state index in [1.54, 1.807) is 0 Å². The van der Waals surface area contributed by atoms with Crippen LogP contribution < -0.4 is 621 Å². The van der Waals surface area contributed by atoms with Gasteiger partial charge in [-0.05, 0) is 0 Å². The molecule has 8 N–H and O–H groups in total. The largest absolute Gasteiger partial charge is 1.00 e. The van der Waals surface area contributed by atoms with Gasteiger partial charge in [-0.25, -0.2) is 0 Å². The molecule has 0 saturated heterocycles. The van der Waals surface area contributed by atoms with Crippen LogP contribution in [0.2, 0.25) is 0 Å². The minimum Gasteiger partial charge on any atom is -1.00 e. The van der Waals surface area contributed by atoms with Crippen molar-refractivity contribution >= 4 is 36.7 Å². The second-order valence-electron chi connectivity index (χ2n) is 1.13. The third-order valence-corrected chi connectivity index (χ3v) is 0. The van der Waals surface area contributed by atoms with Crippen molar-refractivity contribution in [2.24, 2.45) is 0 Å². The molecule has 0 aromatic heterocycles. The second kappa shape index (κ2) is 166. The van der Waals surface area contributed by atoms with Crippen molar-refractivity contribution in [1.29, 1.82) is 0 Å². The zero-order chi connectivity index (χ0) is 14.3. The van der Waals surface area contributed by atoms with Crippen LogP contribution in [0.4, 0.5) is 0 Å². The molecule has 12 nitrogen and oxygen atoms in total. The van der Waals surface area contributed by atoms with Crippen molar-refractivity contribution < 1.29 is 707 Å². The molecule has 0 bridgehead atoms. The first kappa shape index (κ1) is 175. The first-order chi connectivity index (χ1) is 6.93. The van der Waals surface area contributed by atoms with Crippen molar-refractivity contribution in [2.45, 2.75) is 0 Å². The molecular weight excluding hydrogens is 787 g/mol. The fourth-order valence-electron chi connectivity index (χ4n) is 0. The van der Waals surface area contributed by atoms with E-state index in [1.165, 1.54) is 0 Å². The third kappa shape index (κ3) is 418. The molecule has 0 unspecified atom stereocenters. The standard InChI is InChI=1S/21Na.4H2O3Si.21H/c;;;;;;;;;;;;;;;;;;;;;4*1-4(2)3;;;;;;;;;;;;;;;;;;;;;/h;;;;;;;;;;;;;;;;;;;;;4*1-2H;;;;;;;;;;;;;;;;;;;;;/q21*+1;;;;;21*-1. The van der Waals surface area contributed by atoms with Crippen LogP contribution in [0.25, 0.3) is 0 Å². The summed E-state index contributed by atoms with van der Waals surface area (Å²) in [4.78, 5) is 57.3. The van der Waals surface area contributed by atoms with Gasteiger partial charge in [0.15, 0.2) is 0 Å². The van der Waals surface area contributed by atoms with Crippen molar-refractivity contribution in [2.75, 3.05) is 0 Å². The Morgan fingerprint density at radius 2 is 0.216 bits per heavy atom. The van der Waals surface area contributed by atoms with E-state index in [2.05, 4.69) is 0 Å². The van der Waals surface area contributed by atoms with E-state index in [-0.39, 0.29) is 651 Å². The van der Waals surface area contributed by atoms with E-state index in [0.717, 1.165) is 0 Å². The van der Waals surface area contributed by atoms with Crippen molar-refractivity contribution in [1.82, 2.24) is 0 Å². The summed E-state index contributed by atoms with van der Waals surface area (Å²) in [6, 6.07) is 0. The topological polar surface area (TPSA) is 230 Å². The normalized spacial score (nSPS) is 2.59. The zero-order valence-corrected chi connectivity index (χ0v) is 74.2. The Balaban J connectivity index is -0.000000000606. The molecule has 0 fully saturated rings. The molecule has 0 aliphatic rings. The quantitative estimate of drug-likeness (QED) is 0.107. The Morgan fingerprint density at radius 3 is 0.216 bits per heavy atom. The van der Waals surface area contributed by atoms with Gasteiger partial charge in [-0.15, -0.1) is 0 Å². The predicted molar refractivity (Wildman–Crippen MR) is 66.9 cm³/mol. The number of hydrogen-bond donors (Lipinski definition) is 8. The molecule has 37 heteroatoms. The van der Waals surface area contributed by atoms with Crippen molar-refractivity contribution in [3.8, 4) is 0 Å². The summed E-state index contributed by atoms with van der Waals surface area (Å²) in [5.74, 6) is 0. The smallest absolute Gasteiger partial charge is 1.00 e. The van der Waals surface area contributed by atoms with E-state index in [1.807, 2.05) is 0 Å². The fraction of sp³-hybridized carbons (Fsp3) is 0. The van der Waals surface area contributed by atoms with Crippen LogP contribution >= 0.6 is 0 Å². The monoisotopic (exact) mass is 816 g/mol. The second-order valence-corrected chi connectivity index (χ2v) is 3.39. The summed E-state index contributed by atoms with van der Waals surface area (Å²) < 4.78 is 35.0. The minimum atomic E-state index is -3.13. The summed E-state index contributed by atoms with van der Waals surface area (Å²) in [6.45, 7) is 0. The van der Waals surface area contributed by atoms with Gasteiger partial charge in [0.05, 0.1) is 0 Å². The van der Waals surface area contributed by atoms with Crippen LogP contribution in [0.15, 0.2) is 0 Å². The Bertz CT molecular complexity index is 244. The SMILES string of the molecule is O=[Si](O)O.O=[Si](O)O.O=[Si](O)O.O=[Si](O)O.[H-].[H-].[H-].[H-].[H-].[H-].[H-].[H-].[H-].[H-].[H-].[H-].[H-].[H-].[H-].[H-].[H-].[H-].[H-].[H-].[H-].[Na+].[Na+].[Na+].[Na+].[Na+].[Na+].[Na+].[Na+].[Na+].[Na+].[Na+].[Na+].[Na+].[Na+].[Na+].[Na+].[Na+].[Na+].[Na+].[Na+].[Na+]. The van der Waals surface area contributed by atoms with Crippen LogP contribution in [0.3, 0.4) is 0 Å². The van der Waals surface area contributed by atoms with Crippen LogP contribution in [-0.4, -0.2) is 75.0 Å². The van der Waals surface area contributed by atoms with Crippen LogP contribution in [0, 0.1) is 0 Å². The van der Waals surface area contributed by atoms with Gasteiger partial charge in [-0.2, -0.15) is 0 Å². The average molecular weight is 816 g/mol. The molecule has 0 rings (SSSR count). The van der Waals surface area contributed by atoms with Crippen molar-refractivity contribution in [3.63, 3.8) is 0 Å². The maximum Gasteiger partial charge on any atom is 1.00 e. The molecule has 0 aliphatic carbocycles. The van der Waals surface area contributed by atoms with Crippen LogP contribution in [-0.2, 0) is 17.8 Å². The van der Waals surface area contributed by atoms with Gasteiger partial charge >= 0.3 is 657 Å². The molecule has 37 heavy (non-hydrogen) atoms. The fourth-order valence-corrected chi connectivity index (χ4v) is 0. The minimum absolute atomic E-state index is 0. The number of hydrogen-bond acceptors (Lipinski definition) is 4. The van der Waals surface area contributed by atoms with E-state index in [9.17, 15) is 0 Å². The van der Waals surface area contributed by atoms with Gasteiger partial charge in [0.25, 0.3) is 0 Å². The molecule has 0 atom stereocenters. The summed E-state index contributed by atoms with van der Waals surface area (Å²) in [7, 11) is -12.5. The first-order valence-corrected chi connectivity index (χ1v) is 7.82. The van der Waals surface area contributed by atoms with E-state index in [0.29, 0.717) is 0 Å². The maximum atomic E-state index is 8.74. The van der Waals surface area contributed by atoms with Gasteiger partial charge in [0.2, 0.25) is 0 Å². The van der Waals surface area contributed by atoms with E-state index in [4.69, 9.17) is 56.2 Å². The average Bonchev–Trinajstić information content (AvgIpc) is 1.76. The molecule has 0 amide bonds. The van der Waals surface area contributed by atoms with Gasteiger partial charge in [-0.3, -0.25) is 17.8 Å².